The standard InChI is InChI=1S/C15H21NO2/c1-11(2)8-9-16-13-4-3-5-14(10-13)18-15(17)12-6-7-12/h3-5,10-12,16H,6-9H2,1-2H3. The summed E-state index contributed by atoms with van der Waals surface area (Å²) < 4.78 is 5.33. The predicted molar refractivity (Wildman–Crippen MR) is 72.7 cm³/mol. The van der Waals surface area contributed by atoms with Crippen LogP contribution in [0.1, 0.15) is 33.1 Å². The summed E-state index contributed by atoms with van der Waals surface area (Å²) in [4.78, 5) is 11.5. The molecule has 0 radical (unpaired) electrons. The van der Waals surface area contributed by atoms with Gasteiger partial charge in [-0.2, -0.15) is 0 Å². The van der Waals surface area contributed by atoms with Crippen LogP contribution in [0.25, 0.3) is 0 Å². The Kier molecular flexibility index (Phi) is 4.24. The SMILES string of the molecule is CC(C)CCNc1cccc(OC(=O)C2CC2)c1. The fourth-order valence-corrected chi connectivity index (χ4v) is 1.69. The zero-order valence-electron chi connectivity index (χ0n) is 11.1. The van der Waals surface area contributed by atoms with E-state index in [2.05, 4.69) is 19.2 Å². The Morgan fingerprint density at radius 1 is 1.44 bits per heavy atom. The summed E-state index contributed by atoms with van der Waals surface area (Å²) in [6, 6.07) is 7.62. The third-order valence-corrected chi connectivity index (χ3v) is 3.01. The fourth-order valence-electron chi connectivity index (χ4n) is 1.69. The summed E-state index contributed by atoms with van der Waals surface area (Å²) in [6.07, 6.45) is 3.09. The third kappa shape index (κ3) is 4.06. The summed E-state index contributed by atoms with van der Waals surface area (Å²) >= 11 is 0. The molecule has 0 spiro atoms. The summed E-state index contributed by atoms with van der Waals surface area (Å²) in [6.45, 7) is 5.35. The molecular formula is C15H21NO2. The number of hydrogen-bond acceptors (Lipinski definition) is 3. The number of hydrogen-bond donors (Lipinski definition) is 1. The molecule has 0 saturated heterocycles. The summed E-state index contributed by atoms with van der Waals surface area (Å²) in [7, 11) is 0. The van der Waals surface area contributed by atoms with Crippen molar-refractivity contribution in [2.45, 2.75) is 33.1 Å². The van der Waals surface area contributed by atoms with Crippen LogP contribution < -0.4 is 10.1 Å². The van der Waals surface area contributed by atoms with Gasteiger partial charge in [-0.15, -0.1) is 0 Å². The second-order valence-corrected chi connectivity index (χ2v) is 5.33. The normalized spacial score (nSPS) is 14.6. The van der Waals surface area contributed by atoms with Gasteiger partial charge in [0.1, 0.15) is 5.75 Å². The number of ether oxygens (including phenoxy) is 1. The second kappa shape index (κ2) is 5.89. The van der Waals surface area contributed by atoms with Gasteiger partial charge >= 0.3 is 5.97 Å². The predicted octanol–water partition coefficient (Wildman–Crippen LogP) is 3.46. The molecule has 1 N–H and O–H groups in total. The van der Waals surface area contributed by atoms with Crippen molar-refractivity contribution in [2.24, 2.45) is 11.8 Å². The van der Waals surface area contributed by atoms with E-state index in [0.29, 0.717) is 11.7 Å². The van der Waals surface area contributed by atoms with Crippen LogP contribution in [0, 0.1) is 11.8 Å². The first-order valence-electron chi connectivity index (χ1n) is 6.71. The lowest BCUT2D eigenvalue weighted by molar-refractivity contribution is -0.135. The highest BCUT2D eigenvalue weighted by Crippen LogP contribution is 2.31. The van der Waals surface area contributed by atoms with Gasteiger partial charge in [0.2, 0.25) is 0 Å². The minimum atomic E-state index is -0.0886. The first-order valence-corrected chi connectivity index (χ1v) is 6.71. The number of anilines is 1. The number of benzene rings is 1. The van der Waals surface area contributed by atoms with E-state index in [-0.39, 0.29) is 11.9 Å². The summed E-state index contributed by atoms with van der Waals surface area (Å²) in [5.74, 6) is 1.38. The van der Waals surface area contributed by atoms with E-state index >= 15 is 0 Å². The van der Waals surface area contributed by atoms with E-state index in [9.17, 15) is 4.79 Å². The molecule has 1 aromatic carbocycles. The molecule has 1 saturated carbocycles. The van der Waals surface area contributed by atoms with Gasteiger partial charge in [0, 0.05) is 18.3 Å². The number of carbonyl (C=O) groups excluding carboxylic acids is 1. The maximum absolute atomic E-state index is 11.5. The molecule has 1 fully saturated rings. The smallest absolute Gasteiger partial charge is 0.314 e. The Labute approximate surface area is 109 Å². The van der Waals surface area contributed by atoms with Crippen LogP contribution in [0.3, 0.4) is 0 Å². The van der Waals surface area contributed by atoms with Gasteiger partial charge in [-0.3, -0.25) is 4.79 Å². The molecule has 0 aromatic heterocycles. The van der Waals surface area contributed by atoms with Gasteiger partial charge in [0.05, 0.1) is 5.92 Å². The Morgan fingerprint density at radius 3 is 2.89 bits per heavy atom. The Bertz CT molecular complexity index is 411. The van der Waals surface area contributed by atoms with Crippen LogP contribution >= 0.6 is 0 Å². The van der Waals surface area contributed by atoms with E-state index in [1.807, 2.05) is 24.3 Å². The monoisotopic (exact) mass is 247 g/mol. The summed E-state index contributed by atoms with van der Waals surface area (Å²) in [5, 5.41) is 3.34. The highest BCUT2D eigenvalue weighted by atomic mass is 16.5. The quantitative estimate of drug-likeness (QED) is 0.618. The largest absolute Gasteiger partial charge is 0.426 e. The van der Waals surface area contributed by atoms with Crippen molar-refractivity contribution in [3.63, 3.8) is 0 Å². The Hall–Kier alpha value is -1.51. The van der Waals surface area contributed by atoms with Crippen molar-refractivity contribution in [3.05, 3.63) is 24.3 Å². The van der Waals surface area contributed by atoms with Crippen molar-refractivity contribution in [2.75, 3.05) is 11.9 Å². The molecule has 2 rings (SSSR count). The molecule has 0 unspecified atom stereocenters. The molecule has 18 heavy (non-hydrogen) atoms. The maximum Gasteiger partial charge on any atom is 0.314 e. The molecular weight excluding hydrogens is 226 g/mol. The van der Waals surface area contributed by atoms with Crippen LogP contribution in [-0.4, -0.2) is 12.5 Å². The molecule has 0 aliphatic heterocycles. The lowest BCUT2D eigenvalue weighted by Gasteiger charge is -2.10. The van der Waals surface area contributed by atoms with E-state index in [1.165, 1.54) is 0 Å². The molecule has 0 atom stereocenters. The highest BCUT2D eigenvalue weighted by molar-refractivity contribution is 5.77. The van der Waals surface area contributed by atoms with Gasteiger partial charge in [0.25, 0.3) is 0 Å². The van der Waals surface area contributed by atoms with Gasteiger partial charge in [0.15, 0.2) is 0 Å². The fraction of sp³-hybridized carbons (Fsp3) is 0.533. The molecule has 3 heteroatoms. The zero-order valence-corrected chi connectivity index (χ0v) is 11.1. The van der Waals surface area contributed by atoms with Crippen LogP contribution in [0.2, 0.25) is 0 Å². The van der Waals surface area contributed by atoms with Gasteiger partial charge in [-0.1, -0.05) is 19.9 Å². The van der Waals surface area contributed by atoms with Gasteiger partial charge < -0.3 is 10.1 Å². The highest BCUT2D eigenvalue weighted by Gasteiger charge is 2.31. The molecule has 1 aromatic rings. The minimum absolute atomic E-state index is 0.0886. The van der Waals surface area contributed by atoms with E-state index in [4.69, 9.17) is 4.74 Å². The maximum atomic E-state index is 11.5. The lowest BCUT2D eigenvalue weighted by atomic mass is 10.1. The van der Waals surface area contributed by atoms with Crippen LogP contribution in [0.5, 0.6) is 5.75 Å². The van der Waals surface area contributed by atoms with Crippen LogP contribution in [0.4, 0.5) is 5.69 Å². The van der Waals surface area contributed by atoms with Gasteiger partial charge in [-0.25, -0.2) is 0 Å². The molecule has 0 bridgehead atoms. The molecule has 1 aliphatic carbocycles. The number of esters is 1. The van der Waals surface area contributed by atoms with Crippen molar-refractivity contribution in [1.82, 2.24) is 0 Å². The van der Waals surface area contributed by atoms with Crippen molar-refractivity contribution >= 4 is 11.7 Å². The average Bonchev–Trinajstić information content (AvgIpc) is 3.12. The van der Waals surface area contributed by atoms with Crippen molar-refractivity contribution < 1.29 is 9.53 Å². The Morgan fingerprint density at radius 2 is 2.22 bits per heavy atom. The van der Waals surface area contributed by atoms with Crippen LogP contribution in [-0.2, 0) is 4.79 Å². The van der Waals surface area contributed by atoms with Gasteiger partial charge in [-0.05, 0) is 37.3 Å². The van der Waals surface area contributed by atoms with Crippen molar-refractivity contribution in [3.8, 4) is 5.75 Å². The molecule has 1 aliphatic rings. The third-order valence-electron chi connectivity index (χ3n) is 3.01. The molecule has 98 valence electrons. The first-order chi connectivity index (χ1) is 8.65. The Balaban J connectivity index is 1.86. The van der Waals surface area contributed by atoms with E-state index < -0.39 is 0 Å². The lowest BCUT2D eigenvalue weighted by Crippen LogP contribution is -2.10. The van der Waals surface area contributed by atoms with E-state index in [1.54, 1.807) is 0 Å². The van der Waals surface area contributed by atoms with Crippen LogP contribution in [0.15, 0.2) is 24.3 Å². The second-order valence-electron chi connectivity index (χ2n) is 5.33. The summed E-state index contributed by atoms with van der Waals surface area (Å²) in [5.41, 5.74) is 1.01. The van der Waals surface area contributed by atoms with Crippen molar-refractivity contribution in [1.29, 1.82) is 0 Å². The van der Waals surface area contributed by atoms with E-state index in [0.717, 1.165) is 31.5 Å². The molecule has 0 amide bonds. The topological polar surface area (TPSA) is 38.3 Å². The number of carbonyl (C=O) groups is 1. The molecule has 3 nitrogen and oxygen atoms in total. The molecule has 0 heterocycles. The minimum Gasteiger partial charge on any atom is -0.426 e. The zero-order chi connectivity index (χ0) is 13.0. The first kappa shape index (κ1) is 12.9. The number of nitrogens with one attached hydrogen (secondary N) is 1. The average molecular weight is 247 g/mol. The number of rotatable bonds is 6.